The molecule has 0 aliphatic carbocycles. The van der Waals surface area contributed by atoms with Crippen molar-refractivity contribution in [1.82, 2.24) is 9.78 Å². The van der Waals surface area contributed by atoms with Crippen molar-refractivity contribution in [3.63, 3.8) is 0 Å². The number of halogens is 5. The molecule has 0 aliphatic heterocycles. The van der Waals surface area contributed by atoms with Gasteiger partial charge in [-0.05, 0) is 24.3 Å². The zero-order valence-corrected chi connectivity index (χ0v) is 9.68. The van der Waals surface area contributed by atoms with Crippen molar-refractivity contribution in [3.05, 3.63) is 46.2 Å². The van der Waals surface area contributed by atoms with Gasteiger partial charge in [0.05, 0.1) is 22.5 Å². The monoisotopic (exact) mass is 280 g/mol. The van der Waals surface area contributed by atoms with Crippen molar-refractivity contribution < 1.29 is 13.2 Å². The Morgan fingerprint density at radius 3 is 2.35 bits per heavy atom. The lowest BCUT2D eigenvalue weighted by Crippen LogP contribution is -2.07. The summed E-state index contributed by atoms with van der Waals surface area (Å²) in [6.07, 6.45) is -3.06. The average Bonchev–Trinajstić information content (AvgIpc) is 2.63. The molecule has 0 N–H and O–H groups in total. The fraction of sp³-hybridized carbons (Fsp3) is 0.100. The van der Waals surface area contributed by atoms with Gasteiger partial charge in [0, 0.05) is 0 Å². The first-order chi connectivity index (χ1) is 7.89. The molecule has 0 amide bonds. The van der Waals surface area contributed by atoms with Crippen LogP contribution in [0, 0.1) is 0 Å². The molecule has 2 aromatic rings. The van der Waals surface area contributed by atoms with Gasteiger partial charge in [0.2, 0.25) is 0 Å². The fourth-order valence-corrected chi connectivity index (χ4v) is 1.70. The molecule has 0 saturated carbocycles. The van der Waals surface area contributed by atoms with E-state index >= 15 is 0 Å². The van der Waals surface area contributed by atoms with Gasteiger partial charge >= 0.3 is 6.18 Å². The number of alkyl halides is 3. The Morgan fingerprint density at radius 2 is 1.82 bits per heavy atom. The van der Waals surface area contributed by atoms with Crippen LogP contribution in [0.2, 0.25) is 10.2 Å². The van der Waals surface area contributed by atoms with Gasteiger partial charge in [-0.15, -0.1) is 0 Å². The molecule has 2 nitrogen and oxygen atoms in total. The van der Waals surface area contributed by atoms with E-state index in [0.29, 0.717) is 0 Å². The highest BCUT2D eigenvalue weighted by molar-refractivity contribution is 6.33. The van der Waals surface area contributed by atoms with E-state index in [1.165, 1.54) is 12.3 Å². The van der Waals surface area contributed by atoms with Crippen LogP contribution in [0.5, 0.6) is 0 Å². The third-order valence-electron chi connectivity index (χ3n) is 2.10. The third-order valence-corrected chi connectivity index (χ3v) is 2.70. The summed E-state index contributed by atoms with van der Waals surface area (Å²) in [4.78, 5) is 0. The van der Waals surface area contributed by atoms with Gasteiger partial charge in [-0.1, -0.05) is 23.2 Å². The summed E-state index contributed by atoms with van der Waals surface area (Å²) in [5.41, 5.74) is -0.708. The number of nitrogens with zero attached hydrogens (tertiary/aromatic N) is 2. The van der Waals surface area contributed by atoms with Crippen LogP contribution in [0.4, 0.5) is 13.2 Å². The smallest absolute Gasteiger partial charge is 0.221 e. The fourth-order valence-electron chi connectivity index (χ4n) is 1.32. The summed E-state index contributed by atoms with van der Waals surface area (Å²) < 4.78 is 38.7. The molecule has 0 aliphatic rings. The Labute approximate surface area is 105 Å². The van der Waals surface area contributed by atoms with Crippen LogP contribution in [0.25, 0.3) is 5.69 Å². The maximum absolute atomic E-state index is 12.5. The minimum Gasteiger partial charge on any atom is -0.221 e. The number of hydrogen-bond acceptors (Lipinski definition) is 1. The zero-order chi connectivity index (χ0) is 12.6. The molecule has 1 heterocycles. The molecule has 0 bridgehead atoms. The Hall–Kier alpha value is -1.20. The van der Waals surface area contributed by atoms with Crippen molar-refractivity contribution in [2.75, 3.05) is 0 Å². The first-order valence-electron chi connectivity index (χ1n) is 4.46. The van der Waals surface area contributed by atoms with E-state index in [9.17, 15) is 13.2 Å². The van der Waals surface area contributed by atoms with Gasteiger partial charge < -0.3 is 0 Å². The molecule has 17 heavy (non-hydrogen) atoms. The lowest BCUT2D eigenvalue weighted by molar-refractivity contribution is -0.137. The number of aromatic nitrogens is 2. The van der Waals surface area contributed by atoms with E-state index in [1.807, 2.05) is 0 Å². The SMILES string of the molecule is FC(F)(F)c1ccc(Cl)c(-n2nccc2Cl)c1. The maximum atomic E-state index is 12.5. The van der Waals surface area contributed by atoms with Crippen molar-refractivity contribution in [3.8, 4) is 5.69 Å². The molecule has 90 valence electrons. The molecule has 0 fully saturated rings. The van der Waals surface area contributed by atoms with Gasteiger partial charge in [0.25, 0.3) is 0 Å². The highest BCUT2D eigenvalue weighted by Crippen LogP contribution is 2.33. The van der Waals surface area contributed by atoms with Crippen molar-refractivity contribution in [1.29, 1.82) is 0 Å². The lowest BCUT2D eigenvalue weighted by Gasteiger charge is -2.11. The van der Waals surface area contributed by atoms with E-state index in [-0.39, 0.29) is 15.9 Å². The summed E-state index contributed by atoms with van der Waals surface area (Å²) in [6.45, 7) is 0. The predicted octanol–water partition coefficient (Wildman–Crippen LogP) is 4.20. The van der Waals surface area contributed by atoms with Gasteiger partial charge in [-0.2, -0.15) is 18.3 Å². The second-order valence-corrected chi connectivity index (χ2v) is 4.02. The summed E-state index contributed by atoms with van der Waals surface area (Å²) in [6, 6.07) is 4.43. The molecule has 0 spiro atoms. The lowest BCUT2D eigenvalue weighted by atomic mass is 10.2. The first kappa shape index (κ1) is 12.3. The molecule has 2 rings (SSSR count). The normalized spacial score (nSPS) is 11.8. The highest BCUT2D eigenvalue weighted by atomic mass is 35.5. The molecular weight excluding hydrogens is 276 g/mol. The average molecular weight is 281 g/mol. The highest BCUT2D eigenvalue weighted by Gasteiger charge is 2.31. The van der Waals surface area contributed by atoms with Gasteiger partial charge in [0.15, 0.2) is 0 Å². The predicted molar refractivity (Wildman–Crippen MR) is 58.6 cm³/mol. The second kappa shape index (κ2) is 4.23. The van der Waals surface area contributed by atoms with E-state index in [4.69, 9.17) is 23.2 Å². The van der Waals surface area contributed by atoms with Gasteiger partial charge in [-0.3, -0.25) is 0 Å². The van der Waals surface area contributed by atoms with Crippen molar-refractivity contribution in [2.24, 2.45) is 0 Å². The minimum atomic E-state index is -4.43. The minimum absolute atomic E-state index is 0.0940. The number of rotatable bonds is 1. The summed E-state index contributed by atoms with van der Waals surface area (Å²) >= 11 is 11.6. The molecule has 7 heteroatoms. The Kier molecular flexibility index (Phi) is 3.05. The molecule has 0 atom stereocenters. The quantitative estimate of drug-likeness (QED) is 0.766. The van der Waals surface area contributed by atoms with Crippen LogP contribution in [0.15, 0.2) is 30.5 Å². The molecular formula is C10H5Cl2F3N2. The van der Waals surface area contributed by atoms with Crippen LogP contribution in [-0.4, -0.2) is 9.78 Å². The van der Waals surface area contributed by atoms with E-state index in [2.05, 4.69) is 5.10 Å². The topological polar surface area (TPSA) is 17.8 Å². The Balaban J connectivity index is 2.58. The van der Waals surface area contributed by atoms with E-state index in [1.54, 1.807) is 0 Å². The van der Waals surface area contributed by atoms with Gasteiger partial charge in [-0.25, -0.2) is 4.68 Å². The molecule has 0 radical (unpaired) electrons. The summed E-state index contributed by atoms with van der Waals surface area (Å²) in [5, 5.41) is 4.13. The van der Waals surface area contributed by atoms with E-state index in [0.717, 1.165) is 22.9 Å². The van der Waals surface area contributed by atoms with Crippen LogP contribution in [-0.2, 0) is 6.18 Å². The Morgan fingerprint density at radius 1 is 1.12 bits per heavy atom. The third kappa shape index (κ3) is 2.40. The van der Waals surface area contributed by atoms with Gasteiger partial charge in [0.1, 0.15) is 5.15 Å². The van der Waals surface area contributed by atoms with Crippen molar-refractivity contribution >= 4 is 23.2 Å². The summed E-state index contributed by atoms with van der Waals surface area (Å²) in [5.74, 6) is 0. The number of hydrogen-bond donors (Lipinski definition) is 0. The standard InChI is InChI=1S/C10H5Cl2F3N2/c11-7-2-1-6(10(13,14)15)5-8(7)17-9(12)3-4-16-17/h1-5H. The Bertz CT molecular complexity index is 549. The second-order valence-electron chi connectivity index (χ2n) is 3.23. The zero-order valence-electron chi connectivity index (χ0n) is 8.17. The van der Waals surface area contributed by atoms with Crippen molar-refractivity contribution in [2.45, 2.75) is 6.18 Å². The molecule has 0 saturated heterocycles. The van der Waals surface area contributed by atoms with Crippen LogP contribution < -0.4 is 0 Å². The van der Waals surface area contributed by atoms with E-state index < -0.39 is 11.7 Å². The largest absolute Gasteiger partial charge is 0.416 e. The van der Waals surface area contributed by atoms with Crippen LogP contribution in [0.3, 0.4) is 0 Å². The number of benzene rings is 1. The van der Waals surface area contributed by atoms with Crippen LogP contribution >= 0.6 is 23.2 Å². The maximum Gasteiger partial charge on any atom is 0.416 e. The molecule has 1 aromatic carbocycles. The molecule has 1 aromatic heterocycles. The molecule has 0 unspecified atom stereocenters. The first-order valence-corrected chi connectivity index (χ1v) is 5.22. The van der Waals surface area contributed by atoms with Crippen LogP contribution in [0.1, 0.15) is 5.56 Å². The summed E-state index contributed by atoms with van der Waals surface area (Å²) in [7, 11) is 0.